The molecule has 0 saturated heterocycles. The van der Waals surface area contributed by atoms with E-state index in [1.807, 2.05) is 48.5 Å². The Labute approximate surface area is 176 Å². The summed E-state index contributed by atoms with van der Waals surface area (Å²) in [5, 5.41) is 6.55. The van der Waals surface area contributed by atoms with Crippen LogP contribution in [-0.4, -0.2) is 25.5 Å². The van der Waals surface area contributed by atoms with Crippen molar-refractivity contribution < 1.29 is 14.3 Å². The van der Waals surface area contributed by atoms with Crippen molar-refractivity contribution in [2.45, 2.75) is 44.1 Å². The van der Waals surface area contributed by atoms with Crippen molar-refractivity contribution in [3.05, 3.63) is 64.7 Å². The van der Waals surface area contributed by atoms with Crippen molar-refractivity contribution in [3.8, 4) is 0 Å². The van der Waals surface area contributed by atoms with Gasteiger partial charge in [0, 0.05) is 24.4 Å². The predicted molar refractivity (Wildman–Crippen MR) is 115 cm³/mol. The Morgan fingerprint density at radius 2 is 1.83 bits per heavy atom. The van der Waals surface area contributed by atoms with Gasteiger partial charge in [-0.3, -0.25) is 9.59 Å². The summed E-state index contributed by atoms with van der Waals surface area (Å²) < 4.78 is 4.84. The maximum atomic E-state index is 13.3. The van der Waals surface area contributed by atoms with E-state index in [9.17, 15) is 9.59 Å². The Morgan fingerprint density at radius 3 is 2.55 bits per heavy atom. The molecule has 3 rings (SSSR count). The molecule has 2 amide bonds. The first-order valence-electron chi connectivity index (χ1n) is 9.95. The van der Waals surface area contributed by atoms with E-state index >= 15 is 0 Å². The van der Waals surface area contributed by atoms with Crippen LogP contribution in [0.2, 0.25) is 5.02 Å². The summed E-state index contributed by atoms with van der Waals surface area (Å²) >= 11 is 6.21. The molecule has 0 radical (unpaired) electrons. The number of nitrogens with one attached hydrogen (secondary N) is 2. The zero-order chi connectivity index (χ0) is 20.7. The fourth-order valence-corrected chi connectivity index (χ4v) is 4.22. The molecular weight excluding hydrogens is 388 g/mol. The number of amides is 2. The van der Waals surface area contributed by atoms with Crippen LogP contribution < -0.4 is 10.6 Å². The number of hydrogen-bond acceptors (Lipinski definition) is 3. The number of methoxy groups -OCH3 is 1. The molecule has 1 aliphatic carbocycles. The van der Waals surface area contributed by atoms with Gasteiger partial charge in [-0.1, -0.05) is 55.1 Å². The topological polar surface area (TPSA) is 67.4 Å². The lowest BCUT2D eigenvalue weighted by molar-refractivity contribution is -0.128. The minimum Gasteiger partial charge on any atom is -0.375 e. The van der Waals surface area contributed by atoms with E-state index in [1.165, 1.54) is 7.11 Å². The summed E-state index contributed by atoms with van der Waals surface area (Å²) in [6.07, 6.45) is 4.86. The van der Waals surface area contributed by atoms with Gasteiger partial charge < -0.3 is 15.4 Å². The maximum absolute atomic E-state index is 13.3. The summed E-state index contributed by atoms with van der Waals surface area (Å²) in [5.74, 6) is -0.177. The molecule has 2 aromatic rings. The molecule has 2 aromatic carbocycles. The van der Waals surface area contributed by atoms with Gasteiger partial charge >= 0.3 is 0 Å². The highest BCUT2D eigenvalue weighted by molar-refractivity contribution is 6.30. The molecule has 2 N–H and O–H groups in total. The van der Waals surface area contributed by atoms with Crippen molar-refractivity contribution in [3.63, 3.8) is 0 Å². The van der Waals surface area contributed by atoms with Crippen molar-refractivity contribution >= 4 is 29.1 Å². The number of ether oxygens (including phenoxy) is 1. The first-order chi connectivity index (χ1) is 14.0. The average Bonchev–Trinajstić information content (AvgIpc) is 2.73. The van der Waals surface area contributed by atoms with Crippen molar-refractivity contribution in [1.82, 2.24) is 5.32 Å². The number of halogens is 1. The summed E-state index contributed by atoms with van der Waals surface area (Å²) in [5.41, 5.74) is 2.06. The largest absolute Gasteiger partial charge is 0.375 e. The molecule has 0 unspecified atom stereocenters. The van der Waals surface area contributed by atoms with Crippen molar-refractivity contribution in [1.29, 1.82) is 0 Å². The van der Waals surface area contributed by atoms with Gasteiger partial charge in [-0.15, -0.1) is 0 Å². The van der Waals surface area contributed by atoms with Gasteiger partial charge in [0.05, 0.1) is 5.41 Å². The summed E-state index contributed by atoms with van der Waals surface area (Å²) in [4.78, 5) is 25.0. The highest BCUT2D eigenvalue weighted by Gasteiger charge is 2.41. The highest BCUT2D eigenvalue weighted by Crippen LogP contribution is 2.40. The van der Waals surface area contributed by atoms with E-state index in [-0.39, 0.29) is 18.4 Å². The third-order valence-corrected chi connectivity index (χ3v) is 5.69. The maximum Gasteiger partial charge on any atom is 0.250 e. The molecule has 1 saturated carbocycles. The minimum absolute atomic E-state index is 0.00309. The fourth-order valence-electron chi connectivity index (χ4n) is 4.03. The van der Waals surface area contributed by atoms with Crippen LogP contribution >= 0.6 is 11.6 Å². The quantitative estimate of drug-likeness (QED) is 0.703. The molecule has 29 heavy (non-hydrogen) atoms. The van der Waals surface area contributed by atoms with Crippen LogP contribution in [0.4, 0.5) is 5.69 Å². The molecular formula is C23H27ClN2O3. The number of carbonyl (C=O) groups is 2. The van der Waals surface area contributed by atoms with E-state index in [4.69, 9.17) is 16.3 Å². The molecule has 6 heteroatoms. The second-order valence-electron chi connectivity index (χ2n) is 7.52. The molecule has 0 bridgehead atoms. The lowest BCUT2D eigenvalue weighted by atomic mass is 9.68. The zero-order valence-corrected chi connectivity index (χ0v) is 17.4. The van der Waals surface area contributed by atoms with E-state index < -0.39 is 5.41 Å². The number of carbonyl (C=O) groups excluding carboxylic acids is 2. The Kier molecular flexibility index (Phi) is 7.29. The summed E-state index contributed by atoms with van der Waals surface area (Å²) in [7, 11) is 1.48. The third-order valence-electron chi connectivity index (χ3n) is 5.46. The van der Waals surface area contributed by atoms with Gasteiger partial charge in [0.2, 0.25) is 11.8 Å². The smallest absolute Gasteiger partial charge is 0.250 e. The van der Waals surface area contributed by atoms with E-state index in [0.29, 0.717) is 17.3 Å². The number of hydrogen-bond donors (Lipinski definition) is 2. The van der Waals surface area contributed by atoms with E-state index in [1.54, 1.807) is 0 Å². The normalized spacial score (nSPS) is 15.5. The molecule has 5 nitrogen and oxygen atoms in total. The number of rotatable bonds is 7. The van der Waals surface area contributed by atoms with Gasteiger partial charge in [-0.2, -0.15) is 0 Å². The van der Waals surface area contributed by atoms with Crippen molar-refractivity contribution in [2.75, 3.05) is 19.0 Å². The SMILES string of the molecule is COCC(=O)Nc1cccc(CNC(=O)C2(c3cccc(Cl)c3)CCCCC2)c1. The minimum atomic E-state index is -0.534. The number of anilines is 1. The van der Waals surface area contributed by atoms with Crippen LogP contribution in [0.3, 0.4) is 0 Å². The van der Waals surface area contributed by atoms with Gasteiger partial charge in [-0.05, 0) is 48.2 Å². The van der Waals surface area contributed by atoms with Crippen LogP contribution in [-0.2, 0) is 26.3 Å². The van der Waals surface area contributed by atoms with E-state index in [2.05, 4.69) is 10.6 Å². The van der Waals surface area contributed by atoms with Crippen LogP contribution in [0, 0.1) is 0 Å². The fraction of sp³-hybridized carbons (Fsp3) is 0.391. The van der Waals surface area contributed by atoms with Crippen LogP contribution in [0.5, 0.6) is 0 Å². The lowest BCUT2D eigenvalue weighted by Gasteiger charge is -2.36. The number of benzene rings is 2. The second-order valence-corrected chi connectivity index (χ2v) is 7.95. The molecule has 0 spiro atoms. The van der Waals surface area contributed by atoms with Crippen LogP contribution in [0.15, 0.2) is 48.5 Å². The Bertz CT molecular complexity index is 863. The Morgan fingerprint density at radius 1 is 1.07 bits per heavy atom. The predicted octanol–water partition coefficient (Wildman–Crippen LogP) is 4.44. The Hall–Kier alpha value is -2.37. The monoisotopic (exact) mass is 414 g/mol. The summed E-state index contributed by atoms with van der Waals surface area (Å²) in [6.45, 7) is 0.401. The van der Waals surface area contributed by atoms with Gasteiger partial charge in [0.1, 0.15) is 6.61 Å². The molecule has 0 atom stereocenters. The second kappa shape index (κ2) is 9.90. The van der Waals surface area contributed by atoms with Gasteiger partial charge in [0.15, 0.2) is 0 Å². The van der Waals surface area contributed by atoms with Gasteiger partial charge in [-0.25, -0.2) is 0 Å². The van der Waals surface area contributed by atoms with E-state index in [0.717, 1.165) is 43.2 Å². The molecule has 1 fully saturated rings. The highest BCUT2D eigenvalue weighted by atomic mass is 35.5. The molecule has 154 valence electrons. The Balaban J connectivity index is 1.72. The standard InChI is InChI=1S/C23H27ClN2O3/c1-29-16-21(27)26-20-10-5-7-17(13-20)15-25-22(28)23(11-3-2-4-12-23)18-8-6-9-19(24)14-18/h5-10,13-14H,2-4,11-12,15-16H2,1H3,(H,25,28)(H,26,27). The van der Waals surface area contributed by atoms with Gasteiger partial charge in [0.25, 0.3) is 0 Å². The van der Waals surface area contributed by atoms with Crippen LogP contribution in [0.1, 0.15) is 43.2 Å². The molecule has 0 aliphatic heterocycles. The molecule has 0 heterocycles. The average molecular weight is 415 g/mol. The van der Waals surface area contributed by atoms with Crippen LogP contribution in [0.25, 0.3) is 0 Å². The zero-order valence-electron chi connectivity index (χ0n) is 16.7. The molecule has 1 aliphatic rings. The third kappa shape index (κ3) is 5.37. The summed E-state index contributed by atoms with van der Waals surface area (Å²) in [6, 6.07) is 15.1. The molecule has 0 aromatic heterocycles. The lowest BCUT2D eigenvalue weighted by Crippen LogP contribution is -2.45. The first-order valence-corrected chi connectivity index (χ1v) is 10.3. The first kappa shape index (κ1) is 21.3. The van der Waals surface area contributed by atoms with Crippen molar-refractivity contribution in [2.24, 2.45) is 0 Å².